The number of nitrogens with zero attached hydrogens (tertiary/aromatic N) is 2. The van der Waals surface area contributed by atoms with Crippen LogP contribution < -0.4 is 19.1 Å². The summed E-state index contributed by atoms with van der Waals surface area (Å²) < 4.78 is 40.7. The SMILES string of the molecule is O=C(COc1ccc(Cl)cc1)N=C1SC2CS(=O)(=O)CC2N1c1ccc2c(c1)OCO2. The Morgan fingerprint density at radius 2 is 1.94 bits per heavy atom. The van der Waals surface area contributed by atoms with Crippen LogP contribution in [0.15, 0.2) is 47.5 Å². The molecule has 3 heterocycles. The van der Waals surface area contributed by atoms with E-state index in [0.29, 0.717) is 33.1 Å². The average molecular weight is 481 g/mol. The summed E-state index contributed by atoms with van der Waals surface area (Å²) in [5, 5.41) is 0.828. The number of ether oxygens (including phenoxy) is 3. The lowest BCUT2D eigenvalue weighted by Crippen LogP contribution is -2.37. The van der Waals surface area contributed by atoms with Crippen LogP contribution in [0.2, 0.25) is 5.02 Å². The summed E-state index contributed by atoms with van der Waals surface area (Å²) in [6.07, 6.45) is 0. The van der Waals surface area contributed by atoms with Crippen molar-refractivity contribution in [2.24, 2.45) is 4.99 Å². The molecule has 3 aliphatic heterocycles. The fraction of sp³-hybridized carbons (Fsp3) is 0.300. The number of hydrogen-bond donors (Lipinski definition) is 0. The highest BCUT2D eigenvalue weighted by Gasteiger charge is 2.49. The van der Waals surface area contributed by atoms with Gasteiger partial charge in [-0.3, -0.25) is 4.79 Å². The molecule has 3 aliphatic rings. The molecule has 162 valence electrons. The maximum Gasteiger partial charge on any atom is 0.285 e. The first-order valence-corrected chi connectivity index (χ1v) is 12.5. The van der Waals surface area contributed by atoms with Crippen LogP contribution in [0.3, 0.4) is 0 Å². The van der Waals surface area contributed by atoms with Crippen LogP contribution in [-0.2, 0) is 14.6 Å². The smallest absolute Gasteiger partial charge is 0.285 e. The van der Waals surface area contributed by atoms with Gasteiger partial charge in [0.1, 0.15) is 5.75 Å². The summed E-state index contributed by atoms with van der Waals surface area (Å²) in [7, 11) is -3.15. The summed E-state index contributed by atoms with van der Waals surface area (Å²) in [5.74, 6) is 1.30. The van der Waals surface area contributed by atoms with Gasteiger partial charge in [0.15, 0.2) is 33.1 Å². The van der Waals surface area contributed by atoms with Gasteiger partial charge in [-0.15, -0.1) is 0 Å². The van der Waals surface area contributed by atoms with Gasteiger partial charge >= 0.3 is 0 Å². The molecular weight excluding hydrogens is 464 g/mol. The molecule has 2 atom stereocenters. The van der Waals surface area contributed by atoms with E-state index in [9.17, 15) is 13.2 Å². The summed E-state index contributed by atoms with van der Waals surface area (Å²) in [5.41, 5.74) is 0.700. The van der Waals surface area contributed by atoms with Crippen molar-refractivity contribution in [2.75, 3.05) is 29.8 Å². The number of fused-ring (bicyclic) bond motifs is 2. The van der Waals surface area contributed by atoms with E-state index in [1.807, 2.05) is 11.0 Å². The molecule has 0 aliphatic carbocycles. The number of halogens is 1. The Labute approximate surface area is 188 Å². The lowest BCUT2D eigenvalue weighted by molar-refractivity contribution is -0.119. The first kappa shape index (κ1) is 20.5. The van der Waals surface area contributed by atoms with Crippen LogP contribution in [0.1, 0.15) is 0 Å². The van der Waals surface area contributed by atoms with Crippen molar-refractivity contribution in [3.63, 3.8) is 0 Å². The molecular formula is C20H17ClN2O6S2. The molecule has 0 N–H and O–H groups in total. The zero-order valence-corrected chi connectivity index (χ0v) is 18.5. The minimum absolute atomic E-state index is 0.00753. The molecule has 0 radical (unpaired) electrons. The molecule has 5 rings (SSSR count). The standard InChI is InChI=1S/C20H17ClN2O6S2/c21-12-1-4-14(5-2-12)27-8-19(24)22-20-23(15-9-31(25,26)10-18(15)30-20)13-3-6-16-17(7-13)29-11-28-16/h1-7,15,18H,8-11H2. The molecule has 0 saturated carbocycles. The Bertz CT molecular complexity index is 1170. The van der Waals surface area contributed by atoms with Crippen molar-refractivity contribution in [3.05, 3.63) is 47.5 Å². The van der Waals surface area contributed by atoms with Gasteiger partial charge < -0.3 is 19.1 Å². The van der Waals surface area contributed by atoms with E-state index in [1.165, 1.54) is 11.8 Å². The van der Waals surface area contributed by atoms with E-state index in [-0.39, 0.29) is 36.2 Å². The second-order valence-electron chi connectivity index (χ2n) is 7.24. The quantitative estimate of drug-likeness (QED) is 0.659. The van der Waals surface area contributed by atoms with Gasteiger partial charge in [0, 0.05) is 22.0 Å². The molecule has 2 unspecified atom stereocenters. The maximum absolute atomic E-state index is 12.5. The van der Waals surface area contributed by atoms with E-state index >= 15 is 0 Å². The molecule has 0 bridgehead atoms. The predicted octanol–water partition coefficient (Wildman–Crippen LogP) is 2.75. The molecule has 0 spiro atoms. The molecule has 2 aromatic carbocycles. The van der Waals surface area contributed by atoms with E-state index in [4.69, 9.17) is 25.8 Å². The number of amides is 1. The lowest BCUT2D eigenvalue weighted by atomic mass is 10.2. The largest absolute Gasteiger partial charge is 0.484 e. The number of sulfone groups is 1. The van der Waals surface area contributed by atoms with Gasteiger partial charge in [-0.05, 0) is 36.4 Å². The summed E-state index contributed by atoms with van der Waals surface area (Å²) in [4.78, 5) is 18.6. The number of rotatable bonds is 4. The topological polar surface area (TPSA) is 94.5 Å². The van der Waals surface area contributed by atoms with Gasteiger partial charge in [-0.25, -0.2) is 8.42 Å². The molecule has 1 amide bonds. The normalized spacial score (nSPS) is 24.4. The third kappa shape index (κ3) is 4.19. The molecule has 11 heteroatoms. The van der Waals surface area contributed by atoms with Crippen molar-refractivity contribution in [2.45, 2.75) is 11.3 Å². The highest BCUT2D eigenvalue weighted by atomic mass is 35.5. The summed E-state index contributed by atoms with van der Waals surface area (Å²) in [6.45, 7) is -0.107. The second kappa shape index (κ2) is 7.92. The van der Waals surface area contributed by atoms with E-state index in [0.717, 1.165) is 0 Å². The third-order valence-electron chi connectivity index (χ3n) is 5.10. The van der Waals surface area contributed by atoms with Crippen LogP contribution >= 0.6 is 23.4 Å². The van der Waals surface area contributed by atoms with Crippen LogP contribution in [-0.4, -0.2) is 55.7 Å². The van der Waals surface area contributed by atoms with Gasteiger partial charge in [-0.2, -0.15) is 4.99 Å². The number of thioether (sulfide) groups is 1. The first-order valence-electron chi connectivity index (χ1n) is 9.44. The highest BCUT2D eigenvalue weighted by Crippen LogP contribution is 2.43. The van der Waals surface area contributed by atoms with Crippen molar-refractivity contribution < 1.29 is 27.4 Å². The first-order chi connectivity index (χ1) is 14.9. The number of anilines is 1. The minimum atomic E-state index is -3.15. The zero-order chi connectivity index (χ0) is 21.6. The minimum Gasteiger partial charge on any atom is -0.484 e. The van der Waals surface area contributed by atoms with Crippen molar-refractivity contribution in [1.82, 2.24) is 0 Å². The monoisotopic (exact) mass is 480 g/mol. The Morgan fingerprint density at radius 1 is 1.16 bits per heavy atom. The molecule has 8 nitrogen and oxygen atoms in total. The summed E-state index contributed by atoms with van der Waals surface area (Å²) >= 11 is 7.15. The van der Waals surface area contributed by atoms with Crippen molar-refractivity contribution in [3.8, 4) is 17.2 Å². The number of carbonyl (C=O) groups is 1. The molecule has 2 aromatic rings. The van der Waals surface area contributed by atoms with E-state index < -0.39 is 15.7 Å². The van der Waals surface area contributed by atoms with Crippen LogP contribution in [0.4, 0.5) is 5.69 Å². The molecule has 2 fully saturated rings. The average Bonchev–Trinajstić information content (AvgIpc) is 3.38. The Morgan fingerprint density at radius 3 is 2.74 bits per heavy atom. The Balaban J connectivity index is 1.39. The van der Waals surface area contributed by atoms with Crippen LogP contribution in [0.25, 0.3) is 0 Å². The number of amidine groups is 1. The van der Waals surface area contributed by atoms with Gasteiger partial charge in [0.2, 0.25) is 6.79 Å². The predicted molar refractivity (Wildman–Crippen MR) is 118 cm³/mol. The van der Waals surface area contributed by atoms with Gasteiger partial charge in [0.05, 0.1) is 17.5 Å². The van der Waals surface area contributed by atoms with E-state index in [1.54, 1.807) is 36.4 Å². The summed E-state index contributed by atoms with van der Waals surface area (Å²) in [6, 6.07) is 11.7. The molecule has 2 saturated heterocycles. The lowest BCUT2D eigenvalue weighted by Gasteiger charge is -2.24. The maximum atomic E-state index is 12.5. The molecule has 31 heavy (non-hydrogen) atoms. The number of carbonyl (C=O) groups excluding carboxylic acids is 1. The Hall–Kier alpha value is -2.43. The van der Waals surface area contributed by atoms with Crippen molar-refractivity contribution >= 4 is 50.0 Å². The van der Waals surface area contributed by atoms with Crippen LogP contribution in [0, 0.1) is 0 Å². The van der Waals surface area contributed by atoms with Gasteiger partial charge in [0.25, 0.3) is 5.91 Å². The fourth-order valence-corrected chi connectivity index (χ4v) is 7.77. The number of aliphatic imine (C=N–C) groups is 1. The van der Waals surface area contributed by atoms with Crippen molar-refractivity contribution in [1.29, 1.82) is 0 Å². The Kier molecular flexibility index (Phi) is 5.23. The zero-order valence-electron chi connectivity index (χ0n) is 16.1. The number of benzene rings is 2. The van der Waals surface area contributed by atoms with Crippen LogP contribution in [0.5, 0.6) is 17.2 Å². The third-order valence-corrected chi connectivity index (χ3v) is 8.56. The second-order valence-corrected chi connectivity index (χ2v) is 11.0. The van der Waals surface area contributed by atoms with E-state index in [2.05, 4.69) is 4.99 Å². The fourth-order valence-electron chi connectivity index (χ4n) is 3.72. The van der Waals surface area contributed by atoms with Gasteiger partial charge in [-0.1, -0.05) is 23.4 Å². The highest BCUT2D eigenvalue weighted by molar-refractivity contribution is 8.16. The number of hydrogen-bond acceptors (Lipinski definition) is 7. The molecule has 0 aromatic heterocycles.